The van der Waals surface area contributed by atoms with E-state index in [0.29, 0.717) is 6.42 Å². The molecular formula is C19H36Cl2O2. The second kappa shape index (κ2) is 16.9. The predicted molar refractivity (Wildman–Crippen MR) is 102 cm³/mol. The van der Waals surface area contributed by atoms with Crippen molar-refractivity contribution < 1.29 is 9.53 Å². The fourth-order valence-electron chi connectivity index (χ4n) is 2.72. The number of ether oxygens (including phenoxy) is 1. The average Bonchev–Trinajstić information content (AvgIpc) is 2.56. The molecule has 0 fully saturated rings. The summed E-state index contributed by atoms with van der Waals surface area (Å²) in [5.74, 6) is -0.106. The zero-order valence-corrected chi connectivity index (χ0v) is 16.6. The van der Waals surface area contributed by atoms with Crippen LogP contribution in [0.25, 0.3) is 0 Å². The quantitative estimate of drug-likeness (QED) is 0.169. The molecule has 23 heavy (non-hydrogen) atoms. The molecule has 0 heterocycles. The highest BCUT2D eigenvalue weighted by atomic mass is 35.5. The maximum atomic E-state index is 11.0. The number of hydrogen-bond acceptors (Lipinski definition) is 2. The molecule has 2 atom stereocenters. The molecule has 0 N–H and O–H groups in total. The average molecular weight is 367 g/mol. The van der Waals surface area contributed by atoms with Gasteiger partial charge in [-0.15, -0.1) is 23.2 Å². The van der Waals surface area contributed by atoms with E-state index in [0.717, 1.165) is 38.5 Å². The molecule has 0 aromatic rings. The minimum Gasteiger partial charge on any atom is -0.469 e. The summed E-state index contributed by atoms with van der Waals surface area (Å²) in [6.07, 6.45) is 15.9. The SMILES string of the molecule is CCCCCCCCC(Cl)C(Cl)CCCCCCCC(=O)OC. The summed E-state index contributed by atoms with van der Waals surface area (Å²) in [6.45, 7) is 2.24. The van der Waals surface area contributed by atoms with E-state index in [1.54, 1.807) is 0 Å². The van der Waals surface area contributed by atoms with Gasteiger partial charge in [0.15, 0.2) is 0 Å². The van der Waals surface area contributed by atoms with Gasteiger partial charge in [-0.2, -0.15) is 0 Å². The highest BCUT2D eigenvalue weighted by Gasteiger charge is 2.15. The molecule has 0 saturated heterocycles. The molecule has 0 aromatic heterocycles. The van der Waals surface area contributed by atoms with E-state index in [4.69, 9.17) is 23.2 Å². The van der Waals surface area contributed by atoms with Crippen molar-refractivity contribution in [3.63, 3.8) is 0 Å². The molecule has 0 bridgehead atoms. The first-order chi connectivity index (χ1) is 11.1. The second-order valence-corrected chi connectivity index (χ2v) is 7.59. The van der Waals surface area contributed by atoms with Crippen molar-refractivity contribution in [3.05, 3.63) is 0 Å². The van der Waals surface area contributed by atoms with Gasteiger partial charge in [-0.1, -0.05) is 71.1 Å². The Morgan fingerprint density at radius 3 is 1.70 bits per heavy atom. The molecule has 2 nitrogen and oxygen atoms in total. The zero-order chi connectivity index (χ0) is 17.3. The number of rotatable bonds is 16. The third-order valence-corrected chi connectivity index (χ3v) is 5.49. The molecule has 0 amide bonds. The van der Waals surface area contributed by atoms with Crippen LogP contribution in [-0.4, -0.2) is 23.8 Å². The Balaban J connectivity index is 3.40. The maximum absolute atomic E-state index is 11.0. The van der Waals surface area contributed by atoms with Crippen LogP contribution in [0.4, 0.5) is 0 Å². The van der Waals surface area contributed by atoms with Crippen LogP contribution < -0.4 is 0 Å². The van der Waals surface area contributed by atoms with Gasteiger partial charge in [-0.05, 0) is 19.3 Å². The monoisotopic (exact) mass is 366 g/mol. The zero-order valence-electron chi connectivity index (χ0n) is 15.1. The van der Waals surface area contributed by atoms with E-state index in [2.05, 4.69) is 11.7 Å². The summed E-state index contributed by atoms with van der Waals surface area (Å²) in [6, 6.07) is 0. The van der Waals surface area contributed by atoms with E-state index in [9.17, 15) is 4.79 Å². The summed E-state index contributed by atoms with van der Waals surface area (Å²) in [7, 11) is 1.44. The van der Waals surface area contributed by atoms with Gasteiger partial charge >= 0.3 is 5.97 Å². The maximum Gasteiger partial charge on any atom is 0.305 e. The van der Waals surface area contributed by atoms with E-state index in [-0.39, 0.29) is 16.7 Å². The Bertz CT molecular complexity index is 272. The van der Waals surface area contributed by atoms with E-state index in [1.165, 1.54) is 52.1 Å². The molecule has 0 spiro atoms. The Kier molecular flexibility index (Phi) is 16.9. The van der Waals surface area contributed by atoms with Gasteiger partial charge in [0.2, 0.25) is 0 Å². The number of halogens is 2. The smallest absolute Gasteiger partial charge is 0.305 e. The summed E-state index contributed by atoms with van der Waals surface area (Å²) in [4.78, 5) is 11.0. The largest absolute Gasteiger partial charge is 0.469 e. The number of unbranched alkanes of at least 4 members (excludes halogenated alkanes) is 9. The van der Waals surface area contributed by atoms with Crippen LogP contribution in [0, 0.1) is 0 Å². The van der Waals surface area contributed by atoms with Crippen molar-refractivity contribution in [2.24, 2.45) is 0 Å². The van der Waals surface area contributed by atoms with Crippen molar-refractivity contribution in [3.8, 4) is 0 Å². The molecule has 0 radical (unpaired) electrons. The number of esters is 1. The molecule has 0 aliphatic heterocycles. The van der Waals surface area contributed by atoms with Crippen LogP contribution in [0.2, 0.25) is 0 Å². The summed E-state index contributed by atoms with van der Waals surface area (Å²) in [5.41, 5.74) is 0. The van der Waals surface area contributed by atoms with E-state index >= 15 is 0 Å². The second-order valence-electron chi connectivity index (χ2n) is 6.47. The minimum atomic E-state index is -0.106. The van der Waals surface area contributed by atoms with Crippen molar-refractivity contribution in [1.82, 2.24) is 0 Å². The number of carbonyl (C=O) groups is 1. The van der Waals surface area contributed by atoms with Crippen LogP contribution in [0.5, 0.6) is 0 Å². The Morgan fingerprint density at radius 2 is 1.22 bits per heavy atom. The lowest BCUT2D eigenvalue weighted by molar-refractivity contribution is -0.140. The van der Waals surface area contributed by atoms with Crippen LogP contribution in [0.15, 0.2) is 0 Å². The third-order valence-electron chi connectivity index (χ3n) is 4.31. The first-order valence-corrected chi connectivity index (χ1v) is 10.3. The van der Waals surface area contributed by atoms with Gasteiger partial charge < -0.3 is 4.74 Å². The predicted octanol–water partition coefficient (Wildman–Crippen LogP) is 6.86. The number of hydrogen-bond donors (Lipinski definition) is 0. The number of methoxy groups -OCH3 is 1. The Morgan fingerprint density at radius 1 is 0.783 bits per heavy atom. The lowest BCUT2D eigenvalue weighted by Crippen LogP contribution is -2.14. The minimum absolute atomic E-state index is 0.0994. The van der Waals surface area contributed by atoms with Crippen molar-refractivity contribution in [2.45, 2.75) is 108 Å². The number of carbonyl (C=O) groups excluding carboxylic acids is 1. The summed E-state index contributed by atoms with van der Waals surface area (Å²) >= 11 is 12.8. The van der Waals surface area contributed by atoms with Crippen molar-refractivity contribution >= 4 is 29.2 Å². The molecule has 138 valence electrons. The Hall–Kier alpha value is 0.0500. The molecule has 0 aromatic carbocycles. The van der Waals surface area contributed by atoms with Crippen LogP contribution in [0.1, 0.15) is 96.8 Å². The van der Waals surface area contributed by atoms with Gasteiger partial charge in [-0.3, -0.25) is 4.79 Å². The fraction of sp³-hybridized carbons (Fsp3) is 0.947. The number of alkyl halides is 2. The highest BCUT2D eigenvalue weighted by molar-refractivity contribution is 6.29. The first-order valence-electron chi connectivity index (χ1n) is 9.46. The summed E-state index contributed by atoms with van der Waals surface area (Å²) < 4.78 is 4.62. The standard InChI is InChI=1S/C19H36Cl2O2/c1-3-4-5-6-8-11-14-17(20)18(21)15-12-9-7-10-13-16-19(22)23-2/h17-18H,3-16H2,1-2H3. The highest BCUT2D eigenvalue weighted by Crippen LogP contribution is 2.23. The normalized spacial score (nSPS) is 13.7. The molecular weight excluding hydrogens is 331 g/mol. The van der Waals surface area contributed by atoms with Gasteiger partial charge in [0.05, 0.1) is 7.11 Å². The fourth-order valence-corrected chi connectivity index (χ4v) is 3.28. The molecule has 2 unspecified atom stereocenters. The topological polar surface area (TPSA) is 26.3 Å². The molecule has 0 rings (SSSR count). The van der Waals surface area contributed by atoms with E-state index < -0.39 is 0 Å². The molecule has 0 saturated carbocycles. The van der Waals surface area contributed by atoms with Gasteiger partial charge in [0, 0.05) is 17.2 Å². The van der Waals surface area contributed by atoms with Crippen LogP contribution in [-0.2, 0) is 9.53 Å². The van der Waals surface area contributed by atoms with Crippen molar-refractivity contribution in [2.75, 3.05) is 7.11 Å². The third kappa shape index (κ3) is 15.3. The van der Waals surface area contributed by atoms with Crippen molar-refractivity contribution in [1.29, 1.82) is 0 Å². The Labute approximate surface area is 153 Å². The first kappa shape index (κ1) is 23.1. The van der Waals surface area contributed by atoms with Crippen LogP contribution >= 0.6 is 23.2 Å². The van der Waals surface area contributed by atoms with Gasteiger partial charge in [-0.25, -0.2) is 0 Å². The summed E-state index contributed by atoms with van der Waals surface area (Å²) in [5, 5.41) is 0.213. The van der Waals surface area contributed by atoms with E-state index in [1.807, 2.05) is 0 Å². The molecule has 4 heteroatoms. The lowest BCUT2D eigenvalue weighted by Gasteiger charge is -2.16. The van der Waals surface area contributed by atoms with Gasteiger partial charge in [0.1, 0.15) is 0 Å². The van der Waals surface area contributed by atoms with Crippen LogP contribution in [0.3, 0.4) is 0 Å². The molecule has 0 aliphatic rings. The molecule has 0 aliphatic carbocycles. The lowest BCUT2D eigenvalue weighted by atomic mass is 10.0. The van der Waals surface area contributed by atoms with Gasteiger partial charge in [0.25, 0.3) is 0 Å².